The SMILES string of the molecule is O=C(O)c1ccccc1NC1CC(=O)N(c2ccc(F)cc2)C1=O. The first-order valence-electron chi connectivity index (χ1n) is 7.18. The Labute approximate surface area is 136 Å². The van der Waals surface area contributed by atoms with E-state index in [1.165, 1.54) is 24.3 Å². The second-order valence-electron chi connectivity index (χ2n) is 5.30. The van der Waals surface area contributed by atoms with Gasteiger partial charge >= 0.3 is 5.97 Å². The molecule has 2 aromatic carbocycles. The van der Waals surface area contributed by atoms with Crippen LogP contribution >= 0.6 is 0 Å². The summed E-state index contributed by atoms with van der Waals surface area (Å²) >= 11 is 0. The Hall–Kier alpha value is -3.22. The van der Waals surface area contributed by atoms with Crippen molar-refractivity contribution >= 4 is 29.2 Å². The number of carbonyl (C=O) groups excluding carboxylic acids is 2. The lowest BCUT2D eigenvalue weighted by Crippen LogP contribution is -2.35. The van der Waals surface area contributed by atoms with Gasteiger partial charge in [0.2, 0.25) is 5.91 Å². The standard InChI is InChI=1S/C17H13FN2O4/c18-10-5-7-11(8-6-10)20-15(21)9-14(16(20)22)19-13-4-2-1-3-12(13)17(23)24/h1-8,14,19H,9H2,(H,23,24). The van der Waals surface area contributed by atoms with E-state index in [0.717, 1.165) is 17.0 Å². The first-order valence-corrected chi connectivity index (χ1v) is 7.18. The minimum Gasteiger partial charge on any atom is -0.478 e. The van der Waals surface area contributed by atoms with Gasteiger partial charge in [0.15, 0.2) is 0 Å². The molecule has 1 atom stereocenters. The van der Waals surface area contributed by atoms with E-state index >= 15 is 0 Å². The third-order valence-corrected chi connectivity index (χ3v) is 3.72. The monoisotopic (exact) mass is 328 g/mol. The van der Waals surface area contributed by atoms with Gasteiger partial charge in [-0.1, -0.05) is 12.1 Å². The molecule has 1 fully saturated rings. The molecule has 0 radical (unpaired) electrons. The van der Waals surface area contributed by atoms with Crippen LogP contribution in [0.2, 0.25) is 0 Å². The van der Waals surface area contributed by atoms with E-state index in [2.05, 4.69) is 5.32 Å². The smallest absolute Gasteiger partial charge is 0.337 e. The van der Waals surface area contributed by atoms with E-state index in [0.29, 0.717) is 0 Å². The van der Waals surface area contributed by atoms with Crippen LogP contribution in [0.25, 0.3) is 0 Å². The van der Waals surface area contributed by atoms with Crippen molar-refractivity contribution in [3.05, 3.63) is 59.9 Å². The number of nitrogens with one attached hydrogen (secondary N) is 1. The van der Waals surface area contributed by atoms with Crippen molar-refractivity contribution in [2.45, 2.75) is 12.5 Å². The van der Waals surface area contributed by atoms with Crippen molar-refractivity contribution in [3.8, 4) is 0 Å². The summed E-state index contributed by atoms with van der Waals surface area (Å²) in [4.78, 5) is 36.8. The number of aromatic carboxylic acids is 1. The maximum Gasteiger partial charge on any atom is 0.337 e. The average molecular weight is 328 g/mol. The van der Waals surface area contributed by atoms with E-state index in [4.69, 9.17) is 0 Å². The topological polar surface area (TPSA) is 86.7 Å². The number of hydrogen-bond acceptors (Lipinski definition) is 4. The van der Waals surface area contributed by atoms with Crippen molar-refractivity contribution < 1.29 is 23.9 Å². The first kappa shape index (κ1) is 15.7. The number of para-hydroxylation sites is 1. The molecule has 0 aliphatic carbocycles. The maximum atomic E-state index is 13.0. The third-order valence-electron chi connectivity index (χ3n) is 3.72. The van der Waals surface area contributed by atoms with Gasteiger partial charge in [0.25, 0.3) is 5.91 Å². The van der Waals surface area contributed by atoms with Crippen molar-refractivity contribution in [1.82, 2.24) is 0 Å². The zero-order valence-electron chi connectivity index (χ0n) is 12.4. The number of nitrogens with zero attached hydrogens (tertiary/aromatic N) is 1. The van der Waals surface area contributed by atoms with Gasteiger partial charge in [-0.2, -0.15) is 0 Å². The molecule has 2 N–H and O–H groups in total. The lowest BCUT2D eigenvalue weighted by molar-refractivity contribution is -0.121. The molecule has 0 spiro atoms. The van der Waals surface area contributed by atoms with Gasteiger partial charge in [-0.05, 0) is 36.4 Å². The Kier molecular flexibility index (Phi) is 3.99. The van der Waals surface area contributed by atoms with Crippen LogP contribution in [-0.4, -0.2) is 28.9 Å². The number of carboxylic acid groups (broad SMARTS) is 1. The van der Waals surface area contributed by atoms with E-state index in [1.807, 2.05) is 0 Å². The lowest BCUT2D eigenvalue weighted by Gasteiger charge is -2.17. The minimum atomic E-state index is -1.13. The van der Waals surface area contributed by atoms with Crippen LogP contribution in [0, 0.1) is 5.82 Å². The van der Waals surface area contributed by atoms with Crippen LogP contribution in [0.4, 0.5) is 15.8 Å². The van der Waals surface area contributed by atoms with Crippen LogP contribution in [0.3, 0.4) is 0 Å². The quantitative estimate of drug-likeness (QED) is 0.841. The lowest BCUT2D eigenvalue weighted by atomic mass is 10.1. The average Bonchev–Trinajstić information content (AvgIpc) is 2.83. The minimum absolute atomic E-state index is 0.0120. The molecule has 6 nitrogen and oxygen atoms in total. The van der Waals surface area contributed by atoms with Crippen LogP contribution < -0.4 is 10.2 Å². The van der Waals surface area contributed by atoms with Crippen LogP contribution in [0.5, 0.6) is 0 Å². The normalized spacial score (nSPS) is 17.2. The first-order chi connectivity index (χ1) is 11.5. The summed E-state index contributed by atoms with van der Waals surface area (Å²) in [5.41, 5.74) is 0.553. The molecule has 1 saturated heterocycles. The van der Waals surface area contributed by atoms with E-state index < -0.39 is 29.6 Å². The van der Waals surface area contributed by atoms with Gasteiger partial charge < -0.3 is 10.4 Å². The molecular weight excluding hydrogens is 315 g/mol. The van der Waals surface area contributed by atoms with E-state index in [-0.39, 0.29) is 23.4 Å². The molecule has 1 aliphatic rings. The number of hydrogen-bond donors (Lipinski definition) is 2. The molecule has 0 bridgehead atoms. The second-order valence-corrected chi connectivity index (χ2v) is 5.30. The molecule has 2 aromatic rings. The summed E-state index contributed by atoms with van der Waals surface area (Å²) in [6.45, 7) is 0. The molecule has 0 saturated carbocycles. The van der Waals surface area contributed by atoms with Crippen LogP contribution in [0.1, 0.15) is 16.8 Å². The Morgan fingerprint density at radius 2 is 1.79 bits per heavy atom. The molecule has 1 heterocycles. The highest BCUT2D eigenvalue weighted by Gasteiger charge is 2.39. The number of halogens is 1. The molecule has 1 unspecified atom stereocenters. The van der Waals surface area contributed by atoms with Crippen LogP contribution in [0.15, 0.2) is 48.5 Å². The third kappa shape index (κ3) is 2.83. The van der Waals surface area contributed by atoms with Gasteiger partial charge in [0.05, 0.1) is 17.7 Å². The Balaban J connectivity index is 1.85. The van der Waals surface area contributed by atoms with Crippen molar-refractivity contribution in [3.63, 3.8) is 0 Å². The fourth-order valence-corrected chi connectivity index (χ4v) is 2.59. The van der Waals surface area contributed by atoms with Gasteiger partial charge in [-0.25, -0.2) is 14.1 Å². The van der Waals surface area contributed by atoms with Gasteiger partial charge in [0, 0.05) is 5.69 Å². The summed E-state index contributed by atoms with van der Waals surface area (Å²) in [5.74, 6) is -2.54. The summed E-state index contributed by atoms with van der Waals surface area (Å²) in [7, 11) is 0. The fourth-order valence-electron chi connectivity index (χ4n) is 2.59. The Morgan fingerprint density at radius 3 is 2.46 bits per heavy atom. The number of carbonyl (C=O) groups is 3. The molecule has 122 valence electrons. The number of rotatable bonds is 4. The number of imide groups is 1. The molecule has 0 aromatic heterocycles. The van der Waals surface area contributed by atoms with Gasteiger partial charge in [0.1, 0.15) is 11.9 Å². The Bertz CT molecular complexity index is 820. The summed E-state index contributed by atoms with van der Waals surface area (Å²) in [6, 6.07) is 10.3. The Morgan fingerprint density at radius 1 is 1.12 bits per heavy atom. The van der Waals surface area contributed by atoms with Crippen molar-refractivity contribution in [2.24, 2.45) is 0 Å². The van der Waals surface area contributed by atoms with Crippen molar-refractivity contribution in [2.75, 3.05) is 10.2 Å². The van der Waals surface area contributed by atoms with Gasteiger partial charge in [-0.15, -0.1) is 0 Å². The largest absolute Gasteiger partial charge is 0.478 e. The highest BCUT2D eigenvalue weighted by molar-refractivity contribution is 6.23. The van der Waals surface area contributed by atoms with E-state index in [1.54, 1.807) is 12.1 Å². The maximum absolute atomic E-state index is 13.0. The zero-order valence-corrected chi connectivity index (χ0v) is 12.4. The number of amides is 2. The summed E-state index contributed by atoms with van der Waals surface area (Å²) < 4.78 is 13.0. The summed E-state index contributed by atoms with van der Waals surface area (Å²) in [5, 5.41) is 12.0. The number of benzene rings is 2. The highest BCUT2D eigenvalue weighted by atomic mass is 19.1. The fraction of sp³-hybridized carbons (Fsp3) is 0.118. The van der Waals surface area contributed by atoms with Crippen LogP contribution in [-0.2, 0) is 9.59 Å². The zero-order chi connectivity index (χ0) is 17.3. The molecule has 2 amide bonds. The molecular formula is C17H13FN2O4. The highest BCUT2D eigenvalue weighted by Crippen LogP contribution is 2.26. The van der Waals surface area contributed by atoms with Crippen molar-refractivity contribution in [1.29, 1.82) is 0 Å². The predicted octanol–water partition coefficient (Wildman–Crippen LogP) is 2.27. The molecule has 3 rings (SSSR count). The molecule has 1 aliphatic heterocycles. The predicted molar refractivity (Wildman–Crippen MR) is 84.3 cm³/mol. The van der Waals surface area contributed by atoms with Gasteiger partial charge in [-0.3, -0.25) is 9.59 Å². The molecule has 24 heavy (non-hydrogen) atoms. The summed E-state index contributed by atoms with van der Waals surface area (Å²) in [6.07, 6.45) is -0.107. The number of carboxylic acids is 1. The second kappa shape index (κ2) is 6.11. The van der Waals surface area contributed by atoms with E-state index in [9.17, 15) is 23.9 Å². The molecule has 7 heteroatoms. The number of anilines is 2.